The summed E-state index contributed by atoms with van der Waals surface area (Å²) in [6.45, 7) is 3.49. The smallest absolute Gasteiger partial charge is 0.303 e. The number of benzene rings is 2. The van der Waals surface area contributed by atoms with Gasteiger partial charge in [0.05, 0.1) is 22.5 Å². The summed E-state index contributed by atoms with van der Waals surface area (Å²) in [4.78, 5) is 27.3. The number of aliphatic carboxylic acids is 1. The number of fused-ring (bicyclic) bond motifs is 1. The SMILES string of the molecule is COc1ccc2c(c1)/C(=C/c1[nH]c(C)c(S(=O)(=O)c3ccc(C)cc3)c1CCC(=O)O)C(=O)N2. The second-order valence-electron chi connectivity index (χ2n) is 8.11. The van der Waals surface area contributed by atoms with E-state index in [1.54, 1.807) is 43.3 Å². The minimum absolute atomic E-state index is 0.0220. The van der Waals surface area contributed by atoms with Gasteiger partial charge in [-0.05, 0) is 62.2 Å². The molecule has 0 unspecified atom stereocenters. The number of amides is 1. The molecular formula is C25H24N2O6S. The van der Waals surface area contributed by atoms with Gasteiger partial charge in [-0.1, -0.05) is 17.7 Å². The maximum atomic E-state index is 13.5. The molecule has 3 aromatic rings. The molecule has 0 fully saturated rings. The van der Waals surface area contributed by atoms with Crippen LogP contribution in [0.25, 0.3) is 11.6 Å². The lowest BCUT2D eigenvalue weighted by Crippen LogP contribution is -2.08. The molecule has 4 rings (SSSR count). The van der Waals surface area contributed by atoms with Crippen LogP contribution in [0.5, 0.6) is 5.75 Å². The zero-order chi connectivity index (χ0) is 24.6. The summed E-state index contributed by atoms with van der Waals surface area (Å²) in [5, 5.41) is 12.1. The Hall–Kier alpha value is -3.85. The fraction of sp³-hybridized carbons (Fsp3) is 0.200. The number of hydrogen-bond acceptors (Lipinski definition) is 5. The van der Waals surface area contributed by atoms with Crippen LogP contribution in [0.15, 0.2) is 52.3 Å². The number of carbonyl (C=O) groups is 2. The van der Waals surface area contributed by atoms with Gasteiger partial charge in [-0.25, -0.2) is 8.42 Å². The zero-order valence-corrected chi connectivity index (χ0v) is 19.7. The number of rotatable bonds is 7. The summed E-state index contributed by atoms with van der Waals surface area (Å²) in [5.41, 5.74) is 3.55. The van der Waals surface area contributed by atoms with E-state index in [1.165, 1.54) is 19.2 Å². The van der Waals surface area contributed by atoms with E-state index in [9.17, 15) is 23.1 Å². The Labute approximate surface area is 197 Å². The average molecular weight is 481 g/mol. The molecule has 0 aliphatic carbocycles. The van der Waals surface area contributed by atoms with Crippen molar-refractivity contribution in [3.8, 4) is 5.75 Å². The Balaban J connectivity index is 1.89. The Kier molecular flexibility index (Phi) is 6.05. The maximum absolute atomic E-state index is 13.5. The van der Waals surface area contributed by atoms with Gasteiger partial charge in [-0.2, -0.15) is 0 Å². The van der Waals surface area contributed by atoms with Crippen LogP contribution in [-0.4, -0.2) is 37.5 Å². The largest absolute Gasteiger partial charge is 0.497 e. The topological polar surface area (TPSA) is 126 Å². The third kappa shape index (κ3) is 4.22. The predicted molar refractivity (Wildman–Crippen MR) is 128 cm³/mol. The van der Waals surface area contributed by atoms with Gasteiger partial charge in [-0.3, -0.25) is 9.59 Å². The molecule has 1 aromatic heterocycles. The molecule has 0 saturated heterocycles. The van der Waals surface area contributed by atoms with Crippen LogP contribution in [0.3, 0.4) is 0 Å². The van der Waals surface area contributed by atoms with Crippen LogP contribution >= 0.6 is 0 Å². The number of anilines is 1. The molecule has 0 bridgehead atoms. The van der Waals surface area contributed by atoms with Gasteiger partial charge in [0.25, 0.3) is 5.91 Å². The number of H-pyrrole nitrogens is 1. The van der Waals surface area contributed by atoms with Gasteiger partial charge < -0.3 is 20.1 Å². The minimum Gasteiger partial charge on any atom is -0.497 e. The molecular weight excluding hydrogens is 456 g/mol. The Bertz CT molecular complexity index is 1430. The highest BCUT2D eigenvalue weighted by Crippen LogP contribution is 2.38. The first-order valence-corrected chi connectivity index (χ1v) is 12.1. The van der Waals surface area contributed by atoms with E-state index in [4.69, 9.17) is 4.74 Å². The number of ether oxygens (including phenoxy) is 1. The number of nitrogens with one attached hydrogen (secondary N) is 2. The van der Waals surface area contributed by atoms with Gasteiger partial charge in [0, 0.05) is 29.1 Å². The first kappa shape index (κ1) is 23.3. The number of carboxylic acids is 1. The zero-order valence-electron chi connectivity index (χ0n) is 18.9. The highest BCUT2D eigenvalue weighted by atomic mass is 32.2. The number of aromatic nitrogens is 1. The van der Waals surface area contributed by atoms with Crippen molar-refractivity contribution in [2.24, 2.45) is 0 Å². The van der Waals surface area contributed by atoms with Crippen molar-refractivity contribution in [1.29, 1.82) is 0 Å². The van der Waals surface area contributed by atoms with Crippen molar-refractivity contribution < 1.29 is 27.9 Å². The number of methoxy groups -OCH3 is 1. The van der Waals surface area contributed by atoms with E-state index in [-0.39, 0.29) is 28.5 Å². The molecule has 34 heavy (non-hydrogen) atoms. The Morgan fingerprint density at radius 1 is 1.12 bits per heavy atom. The Morgan fingerprint density at radius 2 is 1.82 bits per heavy atom. The molecule has 8 nitrogen and oxygen atoms in total. The third-order valence-corrected chi connectivity index (χ3v) is 7.73. The number of aryl methyl sites for hydroxylation is 2. The van der Waals surface area contributed by atoms with Crippen LogP contribution in [0.1, 0.15) is 34.5 Å². The number of hydrogen-bond donors (Lipinski definition) is 3. The van der Waals surface area contributed by atoms with Crippen LogP contribution in [-0.2, 0) is 25.8 Å². The van der Waals surface area contributed by atoms with E-state index in [2.05, 4.69) is 10.3 Å². The summed E-state index contributed by atoms with van der Waals surface area (Å²) in [6, 6.07) is 11.7. The highest BCUT2D eigenvalue weighted by molar-refractivity contribution is 7.91. The molecule has 2 aromatic carbocycles. The number of aromatic amines is 1. The maximum Gasteiger partial charge on any atom is 0.303 e. The summed E-state index contributed by atoms with van der Waals surface area (Å²) in [6.07, 6.45) is 1.28. The molecule has 9 heteroatoms. The normalized spacial score (nSPS) is 14.2. The first-order valence-electron chi connectivity index (χ1n) is 10.6. The molecule has 2 heterocycles. The average Bonchev–Trinajstić information content (AvgIpc) is 3.28. The van der Waals surface area contributed by atoms with E-state index in [0.29, 0.717) is 39.5 Å². The molecule has 0 spiro atoms. The molecule has 1 amide bonds. The molecule has 3 N–H and O–H groups in total. The molecule has 0 saturated carbocycles. The standard InChI is InChI=1S/C25H24N2O6S/c1-14-4-7-17(8-5-14)34(31,32)24-15(2)26-22(18(24)9-11-23(28)29)13-20-19-12-16(33-3)6-10-21(19)27-25(20)30/h4-8,10,12-13,26H,9,11H2,1-3H3,(H,27,30)(H,28,29)/b20-13-. The van der Waals surface area contributed by atoms with Gasteiger partial charge in [-0.15, -0.1) is 0 Å². The minimum atomic E-state index is -3.94. The van der Waals surface area contributed by atoms with Crippen molar-refractivity contribution >= 4 is 39.1 Å². The van der Waals surface area contributed by atoms with Crippen LogP contribution in [0.2, 0.25) is 0 Å². The molecule has 0 radical (unpaired) electrons. The summed E-state index contributed by atoms with van der Waals surface area (Å²) >= 11 is 0. The first-order chi connectivity index (χ1) is 16.1. The third-order valence-electron chi connectivity index (χ3n) is 5.75. The van der Waals surface area contributed by atoms with Gasteiger partial charge in [0.1, 0.15) is 5.75 Å². The number of carboxylic acid groups (broad SMARTS) is 1. The van der Waals surface area contributed by atoms with Crippen molar-refractivity contribution in [2.45, 2.75) is 36.5 Å². The molecule has 176 valence electrons. The van der Waals surface area contributed by atoms with E-state index < -0.39 is 15.8 Å². The Morgan fingerprint density at radius 3 is 2.47 bits per heavy atom. The van der Waals surface area contributed by atoms with Crippen LogP contribution in [0.4, 0.5) is 5.69 Å². The molecule has 1 aliphatic rings. The monoisotopic (exact) mass is 480 g/mol. The van der Waals surface area contributed by atoms with E-state index >= 15 is 0 Å². The number of sulfone groups is 1. The van der Waals surface area contributed by atoms with Crippen LogP contribution < -0.4 is 10.1 Å². The van der Waals surface area contributed by atoms with Crippen molar-refractivity contribution in [3.63, 3.8) is 0 Å². The second kappa shape index (κ2) is 8.83. The fourth-order valence-electron chi connectivity index (χ4n) is 4.07. The van der Waals surface area contributed by atoms with Gasteiger partial charge >= 0.3 is 5.97 Å². The molecule has 0 atom stereocenters. The van der Waals surface area contributed by atoms with Crippen molar-refractivity contribution in [3.05, 3.63) is 70.5 Å². The van der Waals surface area contributed by atoms with E-state index in [1.807, 2.05) is 6.92 Å². The highest BCUT2D eigenvalue weighted by Gasteiger charge is 2.30. The quantitative estimate of drug-likeness (QED) is 0.439. The van der Waals surface area contributed by atoms with Gasteiger partial charge in [0.15, 0.2) is 0 Å². The van der Waals surface area contributed by atoms with E-state index in [0.717, 1.165) is 5.56 Å². The second-order valence-corrected chi connectivity index (χ2v) is 9.99. The fourth-order valence-corrected chi connectivity index (χ4v) is 5.79. The number of carbonyl (C=O) groups excluding carboxylic acids is 1. The van der Waals surface area contributed by atoms with Crippen molar-refractivity contribution in [2.75, 3.05) is 12.4 Å². The summed E-state index contributed by atoms with van der Waals surface area (Å²) in [5.74, 6) is -0.829. The van der Waals surface area contributed by atoms with Crippen molar-refractivity contribution in [1.82, 2.24) is 4.98 Å². The van der Waals surface area contributed by atoms with Gasteiger partial charge in [0.2, 0.25) is 9.84 Å². The lowest BCUT2D eigenvalue weighted by Gasteiger charge is -2.09. The lowest BCUT2D eigenvalue weighted by atomic mass is 10.0. The summed E-state index contributed by atoms with van der Waals surface area (Å²) in [7, 11) is -2.41. The summed E-state index contributed by atoms with van der Waals surface area (Å²) < 4.78 is 32.4. The predicted octanol–water partition coefficient (Wildman–Crippen LogP) is 3.98. The van der Waals surface area contributed by atoms with Crippen LogP contribution in [0, 0.1) is 13.8 Å². The molecule has 1 aliphatic heterocycles. The lowest BCUT2D eigenvalue weighted by molar-refractivity contribution is -0.137.